The first-order valence-corrected chi connectivity index (χ1v) is 6.28. The predicted octanol–water partition coefficient (Wildman–Crippen LogP) is 1.17. The Balaban J connectivity index is 2.04. The van der Waals surface area contributed by atoms with Crippen LogP contribution in [0.5, 0.6) is 11.5 Å². The van der Waals surface area contributed by atoms with Crippen LogP contribution >= 0.6 is 11.3 Å². The van der Waals surface area contributed by atoms with E-state index in [0.717, 1.165) is 0 Å². The van der Waals surface area contributed by atoms with Crippen LogP contribution in [0.15, 0.2) is 28.7 Å². The third-order valence-electron chi connectivity index (χ3n) is 2.29. The zero-order chi connectivity index (χ0) is 14.5. The number of rotatable bonds is 5. The summed E-state index contributed by atoms with van der Waals surface area (Å²) in [5.41, 5.74) is 6.22. The summed E-state index contributed by atoms with van der Waals surface area (Å²) in [5.74, 6) is -0.485. The SMILES string of the molecule is Nc1nc(C([C]=O)=NOCc2ccc(O)c(O)c2)cs1. The number of carbonyl (C=O) groups excluding carboxylic acids is 1. The summed E-state index contributed by atoms with van der Waals surface area (Å²) in [4.78, 5) is 19.6. The molecule has 4 N–H and O–H groups in total. The molecule has 0 aliphatic heterocycles. The van der Waals surface area contributed by atoms with Gasteiger partial charge in [-0.1, -0.05) is 11.2 Å². The van der Waals surface area contributed by atoms with E-state index in [0.29, 0.717) is 10.7 Å². The van der Waals surface area contributed by atoms with E-state index >= 15 is 0 Å². The van der Waals surface area contributed by atoms with Crippen molar-refractivity contribution in [3.63, 3.8) is 0 Å². The number of phenols is 2. The molecule has 1 aromatic heterocycles. The molecule has 2 aromatic rings. The second kappa shape index (κ2) is 6.02. The molecule has 0 fully saturated rings. The monoisotopic (exact) mass is 292 g/mol. The molecule has 1 heterocycles. The fourth-order valence-corrected chi connectivity index (χ4v) is 1.89. The number of aromatic hydroxyl groups is 2. The average molecular weight is 292 g/mol. The van der Waals surface area contributed by atoms with E-state index in [1.807, 2.05) is 0 Å². The van der Waals surface area contributed by atoms with E-state index in [2.05, 4.69) is 10.1 Å². The summed E-state index contributed by atoms with van der Waals surface area (Å²) in [6, 6.07) is 4.21. The topological polar surface area (TPSA) is 118 Å². The van der Waals surface area contributed by atoms with Gasteiger partial charge in [0.2, 0.25) is 0 Å². The highest BCUT2D eigenvalue weighted by Gasteiger charge is 2.09. The van der Waals surface area contributed by atoms with Crippen molar-refractivity contribution < 1.29 is 19.8 Å². The number of aromatic nitrogens is 1. The van der Waals surface area contributed by atoms with E-state index in [-0.39, 0.29) is 29.5 Å². The minimum atomic E-state index is -0.260. The lowest BCUT2D eigenvalue weighted by atomic mass is 10.2. The van der Waals surface area contributed by atoms with Crippen molar-refractivity contribution in [1.82, 2.24) is 4.98 Å². The van der Waals surface area contributed by atoms with Gasteiger partial charge in [-0.05, 0) is 17.7 Å². The zero-order valence-corrected chi connectivity index (χ0v) is 10.9. The quantitative estimate of drug-likeness (QED) is 0.432. The van der Waals surface area contributed by atoms with Crippen LogP contribution in [0.3, 0.4) is 0 Å². The first-order chi connectivity index (χ1) is 9.60. The number of benzene rings is 1. The largest absolute Gasteiger partial charge is 0.504 e. The molecule has 0 saturated heterocycles. The van der Waals surface area contributed by atoms with E-state index in [1.165, 1.54) is 23.5 Å². The van der Waals surface area contributed by atoms with Crippen molar-refractivity contribution in [2.24, 2.45) is 5.16 Å². The van der Waals surface area contributed by atoms with Crippen LogP contribution in [0, 0.1) is 0 Å². The summed E-state index contributed by atoms with van der Waals surface area (Å²) in [5, 5.41) is 24.0. The molecule has 0 amide bonds. The maximum atomic E-state index is 10.8. The minimum Gasteiger partial charge on any atom is -0.504 e. The standard InChI is InChI=1S/C12H10N3O4S/c13-12-14-9(6-20-12)8(4-16)15-19-5-7-1-2-10(17)11(18)3-7/h1-3,6,17-18H,5H2,(H2,13,14). The highest BCUT2D eigenvalue weighted by atomic mass is 32.1. The molecule has 20 heavy (non-hydrogen) atoms. The molecule has 0 unspecified atom stereocenters. The van der Waals surface area contributed by atoms with Crippen molar-refractivity contribution in [1.29, 1.82) is 0 Å². The first kappa shape index (κ1) is 13.8. The lowest BCUT2D eigenvalue weighted by Gasteiger charge is -2.02. The van der Waals surface area contributed by atoms with Crippen molar-refractivity contribution in [2.45, 2.75) is 6.61 Å². The van der Waals surface area contributed by atoms with Gasteiger partial charge in [0.05, 0.1) is 0 Å². The molecular formula is C12H10N3O4S. The van der Waals surface area contributed by atoms with Crippen molar-refractivity contribution in [2.75, 3.05) is 5.73 Å². The first-order valence-electron chi connectivity index (χ1n) is 5.40. The van der Waals surface area contributed by atoms with Gasteiger partial charge in [-0.3, -0.25) is 4.79 Å². The number of hydrogen-bond donors (Lipinski definition) is 3. The zero-order valence-electron chi connectivity index (χ0n) is 10.1. The summed E-state index contributed by atoms with van der Waals surface area (Å²) < 4.78 is 0. The molecular weight excluding hydrogens is 282 g/mol. The number of anilines is 1. The maximum absolute atomic E-state index is 10.8. The number of nitrogens with two attached hydrogens (primary N) is 1. The third-order valence-corrected chi connectivity index (χ3v) is 2.96. The van der Waals surface area contributed by atoms with Crippen LogP contribution in [0.4, 0.5) is 5.13 Å². The Bertz CT molecular complexity index is 654. The van der Waals surface area contributed by atoms with Crippen molar-refractivity contribution in [3.8, 4) is 11.5 Å². The van der Waals surface area contributed by atoms with Gasteiger partial charge < -0.3 is 20.8 Å². The number of oxime groups is 1. The highest BCUT2D eigenvalue weighted by molar-refractivity contribution is 7.13. The molecule has 0 aliphatic carbocycles. The van der Waals surface area contributed by atoms with Crippen LogP contribution in [-0.4, -0.2) is 27.2 Å². The number of hydrogen-bond acceptors (Lipinski definition) is 8. The van der Waals surface area contributed by atoms with Crippen molar-refractivity contribution >= 4 is 28.5 Å². The second-order valence-corrected chi connectivity index (χ2v) is 4.60. The molecule has 1 radical (unpaired) electrons. The van der Waals surface area contributed by atoms with Gasteiger partial charge >= 0.3 is 0 Å². The van der Waals surface area contributed by atoms with E-state index in [4.69, 9.17) is 15.7 Å². The molecule has 0 aliphatic rings. The van der Waals surface area contributed by atoms with Gasteiger partial charge in [0.15, 0.2) is 22.3 Å². The Morgan fingerprint density at radius 1 is 1.45 bits per heavy atom. The van der Waals surface area contributed by atoms with Gasteiger partial charge in [0.25, 0.3) is 6.29 Å². The predicted molar refractivity (Wildman–Crippen MR) is 73.3 cm³/mol. The summed E-state index contributed by atoms with van der Waals surface area (Å²) in [7, 11) is 0. The number of nitrogen functional groups attached to an aromatic ring is 1. The van der Waals surface area contributed by atoms with E-state index < -0.39 is 0 Å². The summed E-state index contributed by atoms with van der Waals surface area (Å²) in [6.45, 7) is 0.0125. The molecule has 0 spiro atoms. The summed E-state index contributed by atoms with van der Waals surface area (Å²) in [6.07, 6.45) is 1.61. The minimum absolute atomic E-state index is 0.0125. The van der Waals surface area contributed by atoms with E-state index in [1.54, 1.807) is 17.7 Å². The fraction of sp³-hybridized carbons (Fsp3) is 0.0833. The molecule has 0 saturated carbocycles. The lowest BCUT2D eigenvalue weighted by Crippen LogP contribution is -2.04. The average Bonchev–Trinajstić information content (AvgIpc) is 2.85. The Labute approximate surface area is 117 Å². The van der Waals surface area contributed by atoms with Gasteiger partial charge in [-0.2, -0.15) is 0 Å². The van der Waals surface area contributed by atoms with Gasteiger partial charge in [0.1, 0.15) is 12.3 Å². The normalized spacial score (nSPS) is 11.3. The van der Waals surface area contributed by atoms with Crippen LogP contribution in [0.1, 0.15) is 11.3 Å². The third kappa shape index (κ3) is 3.23. The van der Waals surface area contributed by atoms with Gasteiger partial charge in [-0.15, -0.1) is 11.3 Å². The summed E-state index contributed by atoms with van der Waals surface area (Å²) >= 11 is 1.17. The molecule has 0 atom stereocenters. The van der Waals surface area contributed by atoms with Crippen molar-refractivity contribution in [3.05, 3.63) is 34.8 Å². The maximum Gasteiger partial charge on any atom is 0.259 e. The molecule has 1 aromatic carbocycles. The number of thiazole rings is 1. The Morgan fingerprint density at radius 3 is 2.85 bits per heavy atom. The van der Waals surface area contributed by atoms with E-state index in [9.17, 15) is 9.90 Å². The Morgan fingerprint density at radius 2 is 2.25 bits per heavy atom. The molecule has 8 heteroatoms. The van der Waals surface area contributed by atoms with Crippen LogP contribution in [-0.2, 0) is 16.2 Å². The van der Waals surface area contributed by atoms with Crippen LogP contribution in [0.25, 0.3) is 0 Å². The van der Waals surface area contributed by atoms with Crippen LogP contribution in [0.2, 0.25) is 0 Å². The molecule has 7 nitrogen and oxygen atoms in total. The molecule has 0 bridgehead atoms. The van der Waals surface area contributed by atoms with Gasteiger partial charge in [0, 0.05) is 5.38 Å². The number of phenolic OH excluding ortho intramolecular Hbond substituents is 2. The molecule has 103 valence electrons. The lowest BCUT2D eigenvalue weighted by molar-refractivity contribution is 0.131. The van der Waals surface area contributed by atoms with Crippen LogP contribution < -0.4 is 5.73 Å². The highest BCUT2D eigenvalue weighted by Crippen LogP contribution is 2.25. The Hall–Kier alpha value is -2.61. The Kier molecular flexibility index (Phi) is 4.16. The second-order valence-electron chi connectivity index (χ2n) is 3.71. The smallest absolute Gasteiger partial charge is 0.259 e. The molecule has 2 rings (SSSR count). The fourth-order valence-electron chi connectivity index (χ4n) is 1.34. The number of nitrogens with zero attached hydrogens (tertiary/aromatic N) is 2. The van der Waals surface area contributed by atoms with Gasteiger partial charge in [-0.25, -0.2) is 4.98 Å².